The lowest BCUT2D eigenvalue weighted by Crippen LogP contribution is -2.23. The molecule has 23 heavy (non-hydrogen) atoms. The normalized spacial score (nSPS) is 11.3. The standard InChI is InChI=1S/C16H16ClN3O3/c1-10-15-13(9-14(22)19(10)6-3-7-21)20(18-16(15)23)12-5-2-4-11(17)8-12/h2,4-5,8-9,21H,3,6-7H2,1H3,(H,18,23). The summed E-state index contributed by atoms with van der Waals surface area (Å²) < 4.78 is 3.07. The van der Waals surface area contributed by atoms with E-state index in [0.29, 0.717) is 40.3 Å². The highest BCUT2D eigenvalue weighted by Gasteiger charge is 2.15. The molecule has 120 valence electrons. The Kier molecular flexibility index (Phi) is 4.11. The third kappa shape index (κ3) is 2.71. The van der Waals surface area contributed by atoms with Crippen molar-refractivity contribution in [3.8, 4) is 5.69 Å². The number of aromatic amines is 1. The monoisotopic (exact) mass is 333 g/mol. The van der Waals surface area contributed by atoms with E-state index in [2.05, 4.69) is 5.10 Å². The van der Waals surface area contributed by atoms with Gasteiger partial charge in [0.2, 0.25) is 0 Å². The van der Waals surface area contributed by atoms with Crippen molar-refractivity contribution in [1.82, 2.24) is 14.3 Å². The molecule has 0 aliphatic rings. The molecular formula is C16H16ClN3O3. The van der Waals surface area contributed by atoms with Crippen LogP contribution in [0.5, 0.6) is 0 Å². The number of halogens is 1. The third-order valence-electron chi connectivity index (χ3n) is 3.84. The molecule has 0 aliphatic heterocycles. The van der Waals surface area contributed by atoms with E-state index in [9.17, 15) is 9.59 Å². The van der Waals surface area contributed by atoms with Crippen LogP contribution in [0.3, 0.4) is 0 Å². The molecule has 0 bridgehead atoms. The minimum Gasteiger partial charge on any atom is -0.396 e. The minimum absolute atomic E-state index is 0.0101. The number of aryl methyl sites for hydroxylation is 1. The topological polar surface area (TPSA) is 80.0 Å². The number of benzene rings is 1. The maximum absolute atomic E-state index is 12.3. The van der Waals surface area contributed by atoms with Crippen LogP contribution in [0.4, 0.5) is 0 Å². The van der Waals surface area contributed by atoms with Crippen LogP contribution in [0, 0.1) is 6.92 Å². The summed E-state index contributed by atoms with van der Waals surface area (Å²) >= 11 is 6.00. The first-order chi connectivity index (χ1) is 11.0. The molecule has 0 radical (unpaired) electrons. The molecule has 0 aliphatic carbocycles. The zero-order valence-corrected chi connectivity index (χ0v) is 13.3. The number of H-pyrrole nitrogens is 1. The Balaban J connectivity index is 2.28. The Hall–Kier alpha value is -2.31. The molecule has 0 saturated carbocycles. The Morgan fingerprint density at radius 2 is 2.04 bits per heavy atom. The highest BCUT2D eigenvalue weighted by Crippen LogP contribution is 2.19. The van der Waals surface area contributed by atoms with Crippen molar-refractivity contribution >= 4 is 22.5 Å². The van der Waals surface area contributed by atoms with Crippen LogP contribution in [0.2, 0.25) is 5.02 Å². The van der Waals surface area contributed by atoms with E-state index in [1.807, 2.05) is 0 Å². The van der Waals surface area contributed by atoms with Gasteiger partial charge in [0.15, 0.2) is 0 Å². The molecule has 3 aromatic rings. The van der Waals surface area contributed by atoms with Gasteiger partial charge in [0.25, 0.3) is 11.1 Å². The maximum atomic E-state index is 12.3. The number of aliphatic hydroxyl groups excluding tert-OH is 1. The predicted octanol–water partition coefficient (Wildman–Crippen LogP) is 1.82. The number of hydrogen-bond donors (Lipinski definition) is 2. The van der Waals surface area contributed by atoms with Crippen molar-refractivity contribution < 1.29 is 5.11 Å². The highest BCUT2D eigenvalue weighted by molar-refractivity contribution is 6.30. The van der Waals surface area contributed by atoms with Crippen LogP contribution in [0.1, 0.15) is 12.1 Å². The zero-order chi connectivity index (χ0) is 16.6. The van der Waals surface area contributed by atoms with Crippen LogP contribution >= 0.6 is 11.6 Å². The molecule has 0 saturated heterocycles. The van der Waals surface area contributed by atoms with Gasteiger partial charge >= 0.3 is 0 Å². The van der Waals surface area contributed by atoms with E-state index in [4.69, 9.17) is 16.7 Å². The predicted molar refractivity (Wildman–Crippen MR) is 89.6 cm³/mol. The van der Waals surface area contributed by atoms with Gasteiger partial charge in [-0.3, -0.25) is 19.4 Å². The van der Waals surface area contributed by atoms with E-state index >= 15 is 0 Å². The smallest absolute Gasteiger partial charge is 0.274 e. The van der Waals surface area contributed by atoms with Gasteiger partial charge < -0.3 is 9.67 Å². The van der Waals surface area contributed by atoms with E-state index in [-0.39, 0.29) is 17.7 Å². The average Bonchev–Trinajstić information content (AvgIpc) is 2.84. The number of pyridine rings is 1. The second-order valence-electron chi connectivity index (χ2n) is 5.31. The Morgan fingerprint density at radius 1 is 1.26 bits per heavy atom. The molecule has 0 spiro atoms. The van der Waals surface area contributed by atoms with Crippen LogP contribution in [-0.2, 0) is 6.54 Å². The van der Waals surface area contributed by atoms with Crippen molar-refractivity contribution in [3.05, 3.63) is 61.8 Å². The van der Waals surface area contributed by atoms with Gasteiger partial charge in [0.05, 0.1) is 16.6 Å². The number of rotatable bonds is 4. The molecule has 2 heterocycles. The number of aliphatic hydroxyl groups is 1. The first-order valence-corrected chi connectivity index (χ1v) is 7.62. The molecule has 6 nitrogen and oxygen atoms in total. The molecule has 2 aromatic heterocycles. The van der Waals surface area contributed by atoms with E-state index in [1.165, 1.54) is 10.6 Å². The lowest BCUT2D eigenvalue weighted by molar-refractivity contribution is 0.278. The molecular weight excluding hydrogens is 318 g/mol. The van der Waals surface area contributed by atoms with Crippen molar-refractivity contribution in [2.75, 3.05) is 6.61 Å². The number of fused-ring (bicyclic) bond motifs is 1. The lowest BCUT2D eigenvalue weighted by Gasteiger charge is -2.10. The number of hydrogen-bond acceptors (Lipinski definition) is 3. The first-order valence-electron chi connectivity index (χ1n) is 7.25. The number of nitrogens with one attached hydrogen (secondary N) is 1. The fraction of sp³-hybridized carbons (Fsp3) is 0.250. The van der Waals surface area contributed by atoms with Gasteiger partial charge in [0.1, 0.15) is 0 Å². The SMILES string of the molecule is Cc1c2c(=O)[nH]n(-c3cccc(Cl)c3)c2cc(=O)n1CCCO. The maximum Gasteiger partial charge on any atom is 0.274 e. The molecule has 0 amide bonds. The summed E-state index contributed by atoms with van der Waals surface area (Å²) in [6.45, 7) is 2.10. The van der Waals surface area contributed by atoms with E-state index < -0.39 is 0 Å². The fourth-order valence-corrected chi connectivity index (χ4v) is 2.94. The summed E-state index contributed by atoms with van der Waals surface area (Å²) in [7, 11) is 0. The number of aromatic nitrogens is 3. The van der Waals surface area contributed by atoms with Gasteiger partial charge in [-0.25, -0.2) is 0 Å². The van der Waals surface area contributed by atoms with Crippen molar-refractivity contribution in [3.63, 3.8) is 0 Å². The van der Waals surface area contributed by atoms with E-state index in [1.54, 1.807) is 35.9 Å². The Bertz CT molecular complexity index is 984. The summed E-state index contributed by atoms with van der Waals surface area (Å²) in [5.41, 5.74) is 1.30. The van der Waals surface area contributed by atoms with Gasteiger partial charge in [-0.15, -0.1) is 0 Å². The lowest BCUT2D eigenvalue weighted by atomic mass is 10.2. The second kappa shape index (κ2) is 6.06. The van der Waals surface area contributed by atoms with Gasteiger partial charge in [-0.05, 0) is 31.5 Å². The Labute approximate surface area is 136 Å². The molecule has 1 aromatic carbocycles. The van der Waals surface area contributed by atoms with Crippen LogP contribution in [0.15, 0.2) is 39.9 Å². The average molecular weight is 334 g/mol. The van der Waals surface area contributed by atoms with Gasteiger partial charge in [-0.1, -0.05) is 17.7 Å². The minimum atomic E-state index is -0.268. The third-order valence-corrected chi connectivity index (χ3v) is 4.07. The zero-order valence-electron chi connectivity index (χ0n) is 12.5. The summed E-state index contributed by atoms with van der Waals surface area (Å²) in [6.07, 6.45) is 0.457. The van der Waals surface area contributed by atoms with Crippen LogP contribution in [0.25, 0.3) is 16.6 Å². The second-order valence-corrected chi connectivity index (χ2v) is 5.75. The van der Waals surface area contributed by atoms with Crippen molar-refractivity contribution in [2.45, 2.75) is 19.9 Å². The van der Waals surface area contributed by atoms with Crippen molar-refractivity contribution in [2.24, 2.45) is 0 Å². The van der Waals surface area contributed by atoms with Crippen molar-refractivity contribution in [1.29, 1.82) is 0 Å². The summed E-state index contributed by atoms with van der Waals surface area (Å²) in [6, 6.07) is 8.45. The molecule has 7 heteroatoms. The molecule has 0 fully saturated rings. The molecule has 0 unspecified atom stereocenters. The molecule has 2 N–H and O–H groups in total. The molecule has 3 rings (SSSR count). The Morgan fingerprint density at radius 3 is 2.74 bits per heavy atom. The summed E-state index contributed by atoms with van der Waals surface area (Å²) in [4.78, 5) is 24.7. The molecule has 0 atom stereocenters. The first kappa shape index (κ1) is 15.6. The van der Waals surface area contributed by atoms with Gasteiger partial charge in [0, 0.05) is 29.9 Å². The van der Waals surface area contributed by atoms with E-state index in [0.717, 1.165) is 0 Å². The van der Waals surface area contributed by atoms with Crippen LogP contribution in [-0.4, -0.2) is 26.1 Å². The number of nitrogens with zero attached hydrogens (tertiary/aromatic N) is 2. The summed E-state index contributed by atoms with van der Waals surface area (Å²) in [5.74, 6) is 0. The summed E-state index contributed by atoms with van der Waals surface area (Å²) in [5, 5.41) is 12.7. The van der Waals surface area contributed by atoms with Gasteiger partial charge in [-0.2, -0.15) is 0 Å². The van der Waals surface area contributed by atoms with Crippen LogP contribution < -0.4 is 11.1 Å². The fourth-order valence-electron chi connectivity index (χ4n) is 2.75. The highest BCUT2D eigenvalue weighted by atomic mass is 35.5. The largest absolute Gasteiger partial charge is 0.396 e. The quantitative estimate of drug-likeness (QED) is 0.764.